The molecule has 0 aliphatic carbocycles. The van der Waals surface area contributed by atoms with Gasteiger partial charge in [0.1, 0.15) is 11.9 Å². The lowest BCUT2D eigenvalue weighted by molar-refractivity contribution is 0.579. The molecule has 0 atom stereocenters. The van der Waals surface area contributed by atoms with Crippen molar-refractivity contribution in [3.63, 3.8) is 0 Å². The Morgan fingerprint density at radius 3 is 2.19 bits per heavy atom. The number of benzene rings is 2. The molecule has 0 saturated carbocycles. The first-order valence-corrected chi connectivity index (χ1v) is 11.1. The molecule has 2 aliphatic rings. The molecule has 0 amide bonds. The van der Waals surface area contributed by atoms with Crippen LogP contribution in [0.2, 0.25) is 0 Å². The van der Waals surface area contributed by atoms with Crippen LogP contribution in [0.3, 0.4) is 0 Å². The Balaban J connectivity index is 1.48. The zero-order valence-corrected chi connectivity index (χ0v) is 17.6. The number of hydrogen-bond acceptors (Lipinski definition) is 5. The van der Waals surface area contributed by atoms with Crippen LogP contribution < -0.4 is 14.7 Å². The molecule has 2 fully saturated rings. The highest BCUT2D eigenvalue weighted by atomic mass is 19.1. The smallest absolute Gasteiger partial charge is 0.146 e. The van der Waals surface area contributed by atoms with Crippen molar-refractivity contribution in [2.75, 3.05) is 54.0 Å². The zero-order chi connectivity index (χ0) is 21.2. The molecule has 3 aromatic rings. The minimum atomic E-state index is -0.186. The molecular weight excluding hydrogens is 389 g/mol. The van der Waals surface area contributed by atoms with Gasteiger partial charge in [-0.3, -0.25) is 4.98 Å². The van der Waals surface area contributed by atoms with Crippen LogP contribution >= 0.6 is 0 Å². The molecule has 31 heavy (non-hydrogen) atoms. The third-order valence-corrected chi connectivity index (χ3v) is 6.45. The molecule has 2 aliphatic heterocycles. The molecule has 5 rings (SSSR count). The van der Waals surface area contributed by atoms with E-state index in [1.54, 1.807) is 12.3 Å². The van der Waals surface area contributed by atoms with Crippen LogP contribution in [-0.2, 0) is 0 Å². The van der Waals surface area contributed by atoms with E-state index in [1.807, 2.05) is 12.1 Å². The summed E-state index contributed by atoms with van der Waals surface area (Å²) in [5.74, 6) is -0.186. The average molecular weight is 416 g/mol. The number of para-hydroxylation sites is 2. The van der Waals surface area contributed by atoms with E-state index in [-0.39, 0.29) is 5.82 Å². The van der Waals surface area contributed by atoms with Crippen molar-refractivity contribution in [2.24, 2.45) is 0 Å². The number of pyridine rings is 1. The minimum absolute atomic E-state index is 0.186. The van der Waals surface area contributed by atoms with Crippen molar-refractivity contribution in [1.82, 2.24) is 4.98 Å². The summed E-state index contributed by atoms with van der Waals surface area (Å²) in [6.07, 6.45) is 5.41. The number of piperidine rings is 1. The number of hydrogen-bond donors (Lipinski definition) is 0. The molecule has 0 radical (unpaired) electrons. The van der Waals surface area contributed by atoms with E-state index in [4.69, 9.17) is 4.98 Å². The number of aromatic nitrogens is 1. The minimum Gasteiger partial charge on any atom is -0.370 e. The predicted octanol–water partition coefficient (Wildman–Crippen LogP) is 4.56. The van der Waals surface area contributed by atoms with Crippen molar-refractivity contribution in [3.8, 4) is 6.07 Å². The van der Waals surface area contributed by atoms with Crippen molar-refractivity contribution in [2.45, 2.75) is 19.3 Å². The fraction of sp³-hybridized carbons (Fsp3) is 0.360. The highest BCUT2D eigenvalue weighted by Crippen LogP contribution is 2.36. The number of anilines is 3. The van der Waals surface area contributed by atoms with E-state index in [9.17, 15) is 9.65 Å². The van der Waals surface area contributed by atoms with Gasteiger partial charge in [-0.1, -0.05) is 24.3 Å². The first-order valence-electron chi connectivity index (χ1n) is 11.1. The Kier molecular flexibility index (Phi) is 5.33. The molecule has 158 valence electrons. The van der Waals surface area contributed by atoms with Gasteiger partial charge in [-0.2, -0.15) is 5.26 Å². The third kappa shape index (κ3) is 3.65. The van der Waals surface area contributed by atoms with Crippen LogP contribution in [0.4, 0.5) is 21.5 Å². The molecule has 1 aromatic heterocycles. The summed E-state index contributed by atoms with van der Waals surface area (Å²) in [4.78, 5) is 11.5. The molecule has 0 spiro atoms. The summed E-state index contributed by atoms with van der Waals surface area (Å²) >= 11 is 0. The molecule has 0 N–H and O–H groups in total. The second kappa shape index (κ2) is 8.43. The standard InChI is InChI=1S/C25H26FN5/c26-21-8-2-3-9-22(21)30-13-15-31(16-14-30)25-19(17-27)18-28-24-20(25)7-6-10-23(24)29-11-4-1-5-12-29/h2-3,6-10,18H,1,4-5,11-16H2. The summed E-state index contributed by atoms with van der Waals surface area (Å²) < 4.78 is 14.2. The number of nitrogens with zero attached hydrogens (tertiary/aromatic N) is 5. The molecule has 5 nitrogen and oxygen atoms in total. The normalized spacial score (nSPS) is 17.1. The van der Waals surface area contributed by atoms with Gasteiger partial charge >= 0.3 is 0 Å². The third-order valence-electron chi connectivity index (χ3n) is 6.45. The molecule has 0 unspecified atom stereocenters. The molecule has 0 bridgehead atoms. The molecule has 2 saturated heterocycles. The van der Waals surface area contributed by atoms with Gasteiger partial charge in [0.25, 0.3) is 0 Å². The number of halogens is 1. The fourth-order valence-electron chi connectivity index (χ4n) is 4.89. The largest absolute Gasteiger partial charge is 0.370 e. The van der Waals surface area contributed by atoms with Crippen molar-refractivity contribution < 1.29 is 4.39 Å². The summed E-state index contributed by atoms with van der Waals surface area (Å²) in [5, 5.41) is 10.8. The van der Waals surface area contributed by atoms with Crippen LogP contribution in [0.5, 0.6) is 0 Å². The van der Waals surface area contributed by atoms with E-state index in [0.717, 1.165) is 48.5 Å². The summed E-state index contributed by atoms with van der Waals surface area (Å²) in [7, 11) is 0. The van der Waals surface area contributed by atoms with Crippen LogP contribution in [0.1, 0.15) is 24.8 Å². The lowest BCUT2D eigenvalue weighted by Gasteiger charge is -2.38. The first-order chi connectivity index (χ1) is 15.3. The van der Waals surface area contributed by atoms with Crippen molar-refractivity contribution in [3.05, 3.63) is 60.0 Å². The van der Waals surface area contributed by atoms with Gasteiger partial charge in [-0.15, -0.1) is 0 Å². The van der Waals surface area contributed by atoms with Crippen molar-refractivity contribution in [1.29, 1.82) is 5.26 Å². The number of rotatable bonds is 3. The lowest BCUT2D eigenvalue weighted by atomic mass is 10.0. The Morgan fingerprint density at radius 2 is 1.45 bits per heavy atom. The summed E-state index contributed by atoms with van der Waals surface area (Å²) in [6.45, 7) is 4.99. The van der Waals surface area contributed by atoms with E-state index in [1.165, 1.54) is 25.3 Å². The van der Waals surface area contributed by atoms with Crippen molar-refractivity contribution >= 4 is 28.0 Å². The molecule has 6 heteroatoms. The highest BCUT2D eigenvalue weighted by Gasteiger charge is 2.24. The average Bonchev–Trinajstić information content (AvgIpc) is 2.84. The van der Waals surface area contributed by atoms with Crippen LogP contribution in [0.15, 0.2) is 48.7 Å². The molecule has 3 heterocycles. The Morgan fingerprint density at radius 1 is 0.774 bits per heavy atom. The van der Waals surface area contributed by atoms with Crippen LogP contribution in [0, 0.1) is 17.1 Å². The van der Waals surface area contributed by atoms with E-state index in [0.29, 0.717) is 24.3 Å². The topological polar surface area (TPSA) is 46.4 Å². The molecular formula is C25H26FN5. The highest BCUT2D eigenvalue weighted by molar-refractivity contribution is 6.01. The Labute approximate surface area is 182 Å². The van der Waals surface area contributed by atoms with Crippen LogP contribution in [0.25, 0.3) is 10.9 Å². The number of nitriles is 1. The monoisotopic (exact) mass is 415 g/mol. The Bertz CT molecular complexity index is 1120. The molecule has 2 aromatic carbocycles. The van der Waals surface area contributed by atoms with E-state index < -0.39 is 0 Å². The van der Waals surface area contributed by atoms with Gasteiger partial charge < -0.3 is 14.7 Å². The van der Waals surface area contributed by atoms with Gasteiger partial charge in [-0.25, -0.2) is 4.39 Å². The maximum absolute atomic E-state index is 14.2. The lowest BCUT2D eigenvalue weighted by Crippen LogP contribution is -2.47. The summed E-state index contributed by atoms with van der Waals surface area (Å²) in [6, 6.07) is 15.6. The van der Waals surface area contributed by atoms with Gasteiger partial charge in [0, 0.05) is 50.9 Å². The number of piperazine rings is 1. The van der Waals surface area contributed by atoms with E-state index in [2.05, 4.69) is 39.0 Å². The van der Waals surface area contributed by atoms with E-state index >= 15 is 0 Å². The van der Waals surface area contributed by atoms with Crippen LogP contribution in [-0.4, -0.2) is 44.3 Å². The predicted molar refractivity (Wildman–Crippen MR) is 123 cm³/mol. The SMILES string of the molecule is N#Cc1cnc2c(N3CCCCC3)cccc2c1N1CCN(c2ccccc2F)CC1. The quantitative estimate of drug-likeness (QED) is 0.627. The maximum Gasteiger partial charge on any atom is 0.146 e. The van der Waals surface area contributed by atoms with Gasteiger partial charge in [0.05, 0.1) is 28.1 Å². The first kappa shape index (κ1) is 19.6. The van der Waals surface area contributed by atoms with Gasteiger partial charge in [-0.05, 0) is 37.5 Å². The zero-order valence-electron chi connectivity index (χ0n) is 17.6. The maximum atomic E-state index is 14.2. The second-order valence-corrected chi connectivity index (χ2v) is 8.28. The second-order valence-electron chi connectivity index (χ2n) is 8.28. The summed E-state index contributed by atoms with van der Waals surface area (Å²) in [5.41, 5.74) is 4.33. The number of fused-ring (bicyclic) bond motifs is 1. The fourth-order valence-corrected chi connectivity index (χ4v) is 4.89. The Hall–Kier alpha value is -3.33. The van der Waals surface area contributed by atoms with Gasteiger partial charge in [0.2, 0.25) is 0 Å². The van der Waals surface area contributed by atoms with Gasteiger partial charge in [0.15, 0.2) is 0 Å².